The van der Waals surface area contributed by atoms with Crippen LogP contribution in [0.2, 0.25) is 0 Å². The molecule has 0 radical (unpaired) electrons. The van der Waals surface area contributed by atoms with Gasteiger partial charge in [0.05, 0.1) is 37.8 Å². The lowest BCUT2D eigenvalue weighted by Crippen LogP contribution is -2.42. The van der Waals surface area contributed by atoms with E-state index in [4.69, 9.17) is 14.2 Å². The Hall–Kier alpha value is -3.06. The van der Waals surface area contributed by atoms with Crippen LogP contribution in [0.5, 0.6) is 11.5 Å². The maximum atomic E-state index is 13.2. The van der Waals surface area contributed by atoms with Gasteiger partial charge in [0.1, 0.15) is 5.82 Å². The van der Waals surface area contributed by atoms with E-state index in [2.05, 4.69) is 41.8 Å². The molecule has 35 heavy (non-hydrogen) atoms. The number of ether oxygens (including phenoxy) is 3. The average Bonchev–Trinajstić information content (AvgIpc) is 3.28. The van der Waals surface area contributed by atoms with Crippen LogP contribution in [0.4, 0.5) is 0 Å². The van der Waals surface area contributed by atoms with Gasteiger partial charge in [0.2, 0.25) is 0 Å². The van der Waals surface area contributed by atoms with E-state index in [1.165, 1.54) is 7.11 Å². The summed E-state index contributed by atoms with van der Waals surface area (Å²) < 4.78 is 16.2. The number of benzene rings is 2. The molecule has 1 aromatic heterocycles. The molecule has 7 heteroatoms. The van der Waals surface area contributed by atoms with E-state index in [0.717, 1.165) is 54.8 Å². The second kappa shape index (κ2) is 12.1. The fraction of sp³-hybridized carbons (Fsp3) is 0.500. The van der Waals surface area contributed by atoms with Crippen LogP contribution in [-0.2, 0) is 21.4 Å². The molecule has 3 aromatic rings. The number of esters is 1. The third-order valence-electron chi connectivity index (χ3n) is 6.94. The lowest BCUT2D eigenvalue weighted by Gasteiger charge is -2.36. The fourth-order valence-electron chi connectivity index (χ4n) is 4.90. The number of para-hydroxylation sites is 2. The summed E-state index contributed by atoms with van der Waals surface area (Å²) >= 11 is 0. The molecule has 1 atom stereocenters. The van der Waals surface area contributed by atoms with Gasteiger partial charge < -0.3 is 24.1 Å². The van der Waals surface area contributed by atoms with Crippen LogP contribution < -0.4 is 9.47 Å². The normalized spacial score (nSPS) is 13.3. The zero-order chi connectivity index (χ0) is 25.4. The lowest BCUT2D eigenvalue weighted by atomic mass is 9.68. The Morgan fingerprint density at radius 2 is 1.74 bits per heavy atom. The summed E-state index contributed by atoms with van der Waals surface area (Å²) in [4.78, 5) is 23.6. The molecule has 0 aliphatic heterocycles. The first-order chi connectivity index (χ1) is 16.8. The van der Waals surface area contributed by atoms with Gasteiger partial charge in [-0.3, -0.25) is 4.79 Å². The molecule has 0 bridgehead atoms. The van der Waals surface area contributed by atoms with Gasteiger partial charge >= 0.3 is 5.97 Å². The Kier molecular flexibility index (Phi) is 9.15. The largest absolute Gasteiger partial charge is 0.493 e. The minimum Gasteiger partial charge on any atom is -0.493 e. The Balaban J connectivity index is 1.63. The molecule has 0 aliphatic carbocycles. The van der Waals surface area contributed by atoms with Gasteiger partial charge in [0.25, 0.3) is 0 Å². The van der Waals surface area contributed by atoms with Crippen LogP contribution in [0.1, 0.15) is 44.5 Å². The van der Waals surface area contributed by atoms with Crippen molar-refractivity contribution < 1.29 is 19.0 Å². The summed E-state index contributed by atoms with van der Waals surface area (Å²) in [5.74, 6) is 2.11. The highest BCUT2D eigenvalue weighted by Gasteiger charge is 2.44. The number of aromatic amines is 1. The third kappa shape index (κ3) is 5.96. The molecule has 1 N–H and O–H groups in total. The number of aromatic nitrogens is 2. The zero-order valence-corrected chi connectivity index (χ0v) is 21.9. The number of rotatable bonds is 13. The van der Waals surface area contributed by atoms with E-state index in [-0.39, 0.29) is 11.9 Å². The molecule has 1 heterocycles. The summed E-state index contributed by atoms with van der Waals surface area (Å²) in [7, 11) is 6.81. The van der Waals surface area contributed by atoms with Gasteiger partial charge in [0.15, 0.2) is 11.5 Å². The van der Waals surface area contributed by atoms with Gasteiger partial charge in [-0.2, -0.15) is 0 Å². The van der Waals surface area contributed by atoms with Crippen LogP contribution in [-0.4, -0.2) is 62.3 Å². The van der Waals surface area contributed by atoms with Crippen LogP contribution >= 0.6 is 0 Å². The highest BCUT2D eigenvalue weighted by Crippen LogP contribution is 2.41. The van der Waals surface area contributed by atoms with Crippen molar-refractivity contribution in [1.82, 2.24) is 14.9 Å². The highest BCUT2D eigenvalue weighted by molar-refractivity contribution is 5.84. The van der Waals surface area contributed by atoms with E-state index in [0.29, 0.717) is 17.9 Å². The summed E-state index contributed by atoms with van der Waals surface area (Å²) in [5.41, 5.74) is 2.23. The van der Waals surface area contributed by atoms with Crippen molar-refractivity contribution in [2.45, 2.75) is 44.9 Å². The van der Waals surface area contributed by atoms with Gasteiger partial charge in [-0.25, -0.2) is 4.98 Å². The van der Waals surface area contributed by atoms with Gasteiger partial charge in [0, 0.05) is 6.42 Å². The molecule has 0 aliphatic rings. The number of fused-ring (bicyclic) bond motifs is 1. The number of nitrogens with one attached hydrogen (secondary N) is 1. The summed E-state index contributed by atoms with van der Waals surface area (Å²) in [5, 5.41) is 0. The van der Waals surface area contributed by atoms with E-state index in [9.17, 15) is 4.79 Å². The average molecular weight is 482 g/mol. The molecule has 0 spiro atoms. The number of imidazole rings is 1. The number of hydrogen-bond donors (Lipinski definition) is 1. The maximum absolute atomic E-state index is 13.2. The first-order valence-electron chi connectivity index (χ1n) is 12.3. The van der Waals surface area contributed by atoms with Crippen molar-refractivity contribution in [1.29, 1.82) is 0 Å². The molecular weight excluding hydrogens is 442 g/mol. The number of carbonyl (C=O) groups is 1. The number of nitrogens with zero attached hydrogens (tertiary/aromatic N) is 2. The second-order valence-corrected chi connectivity index (χ2v) is 9.40. The summed E-state index contributed by atoms with van der Waals surface area (Å²) in [6, 6.07) is 13.8. The van der Waals surface area contributed by atoms with Crippen LogP contribution in [0, 0.1) is 5.92 Å². The van der Waals surface area contributed by atoms with Crippen molar-refractivity contribution >= 4 is 17.0 Å². The Labute approximate surface area is 208 Å². The summed E-state index contributed by atoms with van der Waals surface area (Å²) in [6.07, 6.45) is 3.46. The SMILES string of the molecule is COC(=O)C(CCCN(C)CCCc1nc2ccccc2[nH]1)(c1ccc(OC)c(OC)c1)C(C)C. The predicted molar refractivity (Wildman–Crippen MR) is 139 cm³/mol. The molecule has 1 unspecified atom stereocenters. The van der Waals surface area contributed by atoms with E-state index in [1.54, 1.807) is 14.2 Å². The molecule has 0 saturated carbocycles. The zero-order valence-electron chi connectivity index (χ0n) is 21.9. The first kappa shape index (κ1) is 26.5. The molecule has 0 amide bonds. The fourth-order valence-corrected chi connectivity index (χ4v) is 4.90. The van der Waals surface area contributed by atoms with Crippen molar-refractivity contribution in [2.75, 3.05) is 41.5 Å². The number of H-pyrrole nitrogens is 1. The smallest absolute Gasteiger partial charge is 0.316 e. The molecule has 3 rings (SSSR count). The van der Waals surface area contributed by atoms with Crippen molar-refractivity contribution in [3.8, 4) is 11.5 Å². The van der Waals surface area contributed by atoms with Crippen LogP contribution in [0.15, 0.2) is 42.5 Å². The maximum Gasteiger partial charge on any atom is 0.316 e. The quantitative estimate of drug-likeness (QED) is 0.347. The Bertz CT molecular complexity index is 1080. The van der Waals surface area contributed by atoms with Gasteiger partial charge in [-0.05, 0) is 75.1 Å². The van der Waals surface area contributed by atoms with Crippen molar-refractivity contribution in [3.63, 3.8) is 0 Å². The number of methoxy groups -OCH3 is 3. The standard InChI is InChI=1S/C28H39N3O4/c1-20(2)28(27(32)35-6,21-14-15-24(33-4)25(19-21)34-5)16-10-18-31(3)17-9-13-26-29-22-11-7-8-12-23(22)30-26/h7-8,11-12,14-15,19-20H,9-10,13,16-18H2,1-6H3,(H,29,30). The molecule has 0 saturated heterocycles. The van der Waals surface area contributed by atoms with Crippen LogP contribution in [0.3, 0.4) is 0 Å². The topological polar surface area (TPSA) is 76.7 Å². The Morgan fingerprint density at radius 1 is 1.03 bits per heavy atom. The Morgan fingerprint density at radius 3 is 2.40 bits per heavy atom. The monoisotopic (exact) mass is 481 g/mol. The molecule has 2 aromatic carbocycles. The van der Waals surface area contributed by atoms with Crippen molar-refractivity contribution in [3.05, 3.63) is 53.9 Å². The van der Waals surface area contributed by atoms with E-state index in [1.807, 2.05) is 36.4 Å². The molecule has 7 nitrogen and oxygen atoms in total. The number of aryl methyl sites for hydroxylation is 1. The molecule has 0 fully saturated rings. The van der Waals surface area contributed by atoms with E-state index >= 15 is 0 Å². The van der Waals surface area contributed by atoms with Gasteiger partial charge in [-0.15, -0.1) is 0 Å². The van der Waals surface area contributed by atoms with Crippen LogP contribution in [0.25, 0.3) is 11.0 Å². The first-order valence-corrected chi connectivity index (χ1v) is 12.3. The van der Waals surface area contributed by atoms with Gasteiger partial charge in [-0.1, -0.05) is 32.0 Å². The lowest BCUT2D eigenvalue weighted by molar-refractivity contribution is -0.150. The molecular formula is C28H39N3O4. The predicted octanol–water partition coefficient (Wildman–Crippen LogP) is 4.99. The highest BCUT2D eigenvalue weighted by atomic mass is 16.5. The summed E-state index contributed by atoms with van der Waals surface area (Å²) in [6.45, 7) is 5.99. The van der Waals surface area contributed by atoms with E-state index < -0.39 is 5.41 Å². The minimum atomic E-state index is -0.760. The van der Waals surface area contributed by atoms with Crippen molar-refractivity contribution in [2.24, 2.45) is 5.92 Å². The number of hydrogen-bond acceptors (Lipinski definition) is 6. The third-order valence-corrected chi connectivity index (χ3v) is 6.94. The number of carbonyl (C=O) groups excluding carboxylic acids is 1. The minimum absolute atomic E-state index is 0.0476. The second-order valence-electron chi connectivity index (χ2n) is 9.40. The molecule has 190 valence electrons.